The summed E-state index contributed by atoms with van der Waals surface area (Å²) in [5, 5.41) is 0. The van der Waals surface area contributed by atoms with E-state index in [0.29, 0.717) is 17.0 Å². The van der Waals surface area contributed by atoms with Gasteiger partial charge in [-0.25, -0.2) is 4.39 Å². The molecule has 6 heteroatoms. The molecule has 1 aromatic heterocycles. The van der Waals surface area contributed by atoms with Gasteiger partial charge in [0, 0.05) is 28.9 Å². The number of methoxy groups -OCH3 is 1. The molecular weight excluding hydrogens is 351 g/mol. The van der Waals surface area contributed by atoms with E-state index in [4.69, 9.17) is 4.74 Å². The minimum atomic E-state index is -0.351. The molecule has 0 bridgehead atoms. The van der Waals surface area contributed by atoms with Gasteiger partial charge in [0.2, 0.25) is 5.56 Å². The number of rotatable bonds is 7. The normalized spacial score (nSPS) is 12.4. The number of nitrogens with one attached hydrogen (secondary N) is 1. The Hall–Kier alpha value is -2.73. The van der Waals surface area contributed by atoms with Gasteiger partial charge in [-0.15, -0.1) is 0 Å². The molecule has 0 aliphatic heterocycles. The lowest BCUT2D eigenvalue weighted by Crippen LogP contribution is -2.12. The zero-order valence-corrected chi connectivity index (χ0v) is 15.8. The third kappa shape index (κ3) is 4.89. The molecule has 0 unspecified atom stereocenters. The number of allylic oxidation sites excluding steroid dienone is 3. The first-order valence-corrected chi connectivity index (χ1v) is 8.70. The van der Waals surface area contributed by atoms with Crippen LogP contribution in [0.2, 0.25) is 0 Å². The van der Waals surface area contributed by atoms with Crippen molar-refractivity contribution in [3.05, 3.63) is 94.5 Å². The van der Waals surface area contributed by atoms with Crippen LogP contribution in [-0.2, 0) is 4.74 Å². The number of ether oxygens (including phenoxy) is 1. The zero-order chi connectivity index (χ0) is 19.1. The Morgan fingerprint density at radius 2 is 2.00 bits per heavy atom. The fourth-order valence-corrected chi connectivity index (χ4v) is 3.16. The number of benzene rings is 1. The molecule has 4 nitrogen and oxygen atoms in total. The highest BCUT2D eigenvalue weighted by atomic mass is 32.2. The van der Waals surface area contributed by atoms with Crippen molar-refractivity contribution >= 4 is 17.6 Å². The van der Waals surface area contributed by atoms with E-state index in [2.05, 4.69) is 11.6 Å². The number of hydrogen-bond donors (Lipinski definition) is 1. The number of pyridine rings is 1. The van der Waals surface area contributed by atoms with Crippen LogP contribution in [0.5, 0.6) is 0 Å². The van der Waals surface area contributed by atoms with Crippen molar-refractivity contribution in [2.24, 2.45) is 0 Å². The van der Waals surface area contributed by atoms with Gasteiger partial charge in [-0.2, -0.15) is 0 Å². The summed E-state index contributed by atoms with van der Waals surface area (Å²) in [6, 6.07) is 9.67. The quantitative estimate of drug-likeness (QED) is 0.424. The number of H-pyrrole nitrogens is 1. The summed E-state index contributed by atoms with van der Waals surface area (Å²) in [5.41, 5.74) is 1.69. The minimum absolute atomic E-state index is 0.184. The van der Waals surface area contributed by atoms with Crippen LogP contribution in [0.3, 0.4) is 0 Å². The number of aromatic amines is 1. The average molecular weight is 372 g/mol. The first-order chi connectivity index (χ1) is 12.5. The van der Waals surface area contributed by atoms with Crippen molar-refractivity contribution in [3.8, 4) is 0 Å². The van der Waals surface area contributed by atoms with Gasteiger partial charge >= 0.3 is 0 Å². The van der Waals surface area contributed by atoms with Gasteiger partial charge in [-0.3, -0.25) is 9.10 Å². The van der Waals surface area contributed by atoms with E-state index in [1.165, 1.54) is 24.1 Å². The highest BCUT2D eigenvalue weighted by Gasteiger charge is 2.19. The van der Waals surface area contributed by atoms with Crippen molar-refractivity contribution in [3.63, 3.8) is 0 Å². The van der Waals surface area contributed by atoms with E-state index < -0.39 is 0 Å². The molecule has 0 aliphatic rings. The Morgan fingerprint density at radius 1 is 1.27 bits per heavy atom. The predicted octanol–water partition coefficient (Wildman–Crippen LogP) is 4.95. The maximum Gasteiger partial charge on any atom is 0.247 e. The maximum atomic E-state index is 14.5. The van der Waals surface area contributed by atoms with Crippen LogP contribution in [-0.4, -0.2) is 16.4 Å². The first-order valence-electron chi connectivity index (χ1n) is 7.92. The number of aromatic nitrogens is 1. The summed E-state index contributed by atoms with van der Waals surface area (Å²) in [6.07, 6.45) is 5.16. The molecule has 26 heavy (non-hydrogen) atoms. The van der Waals surface area contributed by atoms with E-state index in [-0.39, 0.29) is 11.4 Å². The Labute approximate surface area is 156 Å². The van der Waals surface area contributed by atoms with Crippen LogP contribution in [0.25, 0.3) is 5.70 Å². The second kappa shape index (κ2) is 9.10. The summed E-state index contributed by atoms with van der Waals surface area (Å²) in [7, 11) is 1.54. The van der Waals surface area contributed by atoms with Crippen LogP contribution in [0, 0.1) is 5.82 Å². The van der Waals surface area contributed by atoms with Crippen LogP contribution in [0.15, 0.2) is 82.5 Å². The predicted molar refractivity (Wildman–Crippen MR) is 105 cm³/mol. The van der Waals surface area contributed by atoms with E-state index in [9.17, 15) is 9.18 Å². The summed E-state index contributed by atoms with van der Waals surface area (Å²) in [4.78, 5) is 14.7. The molecule has 0 radical (unpaired) electrons. The van der Waals surface area contributed by atoms with Crippen molar-refractivity contribution in [1.82, 2.24) is 9.29 Å². The lowest BCUT2D eigenvalue weighted by molar-refractivity contribution is 0.292. The SMILES string of the molecule is C=C/C(C)=C/N(Sc1ccc(=O)[nH]c1)/C(=C(\C)OC)c1ccccc1F. The standard InChI is InChI=1S/C20H21FN2O2S/c1-5-14(2)13-23(26-16-10-11-19(24)22-12-16)20(15(3)25-4)17-8-6-7-9-18(17)21/h5-13H,1H2,2-4H3,(H,22,24)/b14-13+,20-15+. The van der Waals surface area contributed by atoms with Crippen molar-refractivity contribution in [1.29, 1.82) is 0 Å². The zero-order valence-electron chi connectivity index (χ0n) is 15.0. The summed E-state index contributed by atoms with van der Waals surface area (Å²) < 4.78 is 21.7. The molecule has 2 rings (SSSR count). The Balaban J connectivity index is 2.59. The first kappa shape index (κ1) is 19.6. The molecule has 1 heterocycles. The topological polar surface area (TPSA) is 45.3 Å². The van der Waals surface area contributed by atoms with Crippen LogP contribution in [0.1, 0.15) is 19.4 Å². The Kier molecular flexibility index (Phi) is 6.86. The second-order valence-corrected chi connectivity index (χ2v) is 6.52. The number of hydrogen-bond acceptors (Lipinski definition) is 4. The lowest BCUT2D eigenvalue weighted by atomic mass is 10.1. The third-order valence-corrected chi connectivity index (χ3v) is 4.54. The Morgan fingerprint density at radius 3 is 2.58 bits per heavy atom. The molecule has 0 fully saturated rings. The molecule has 136 valence electrons. The van der Waals surface area contributed by atoms with E-state index in [1.54, 1.807) is 50.6 Å². The molecule has 0 spiro atoms. The average Bonchev–Trinajstić information content (AvgIpc) is 2.64. The van der Waals surface area contributed by atoms with Crippen LogP contribution < -0.4 is 5.56 Å². The van der Waals surface area contributed by atoms with Crippen molar-refractivity contribution in [2.45, 2.75) is 18.7 Å². The molecule has 0 saturated carbocycles. The molecule has 0 aliphatic carbocycles. The van der Waals surface area contributed by atoms with E-state index >= 15 is 0 Å². The smallest absolute Gasteiger partial charge is 0.247 e. The van der Waals surface area contributed by atoms with Gasteiger partial charge in [0.15, 0.2) is 0 Å². The second-order valence-electron chi connectivity index (χ2n) is 5.47. The summed E-state index contributed by atoms with van der Waals surface area (Å²) in [5.74, 6) is 0.204. The van der Waals surface area contributed by atoms with Gasteiger partial charge < -0.3 is 9.72 Å². The number of nitrogens with zero attached hydrogens (tertiary/aromatic N) is 1. The van der Waals surface area contributed by atoms with E-state index in [1.807, 2.05) is 17.4 Å². The molecule has 2 aromatic rings. The highest BCUT2D eigenvalue weighted by Crippen LogP contribution is 2.35. The Bertz CT molecular complexity index is 882. The van der Waals surface area contributed by atoms with Gasteiger partial charge in [0.05, 0.1) is 12.8 Å². The van der Waals surface area contributed by atoms with Gasteiger partial charge in [0.1, 0.15) is 11.6 Å². The third-order valence-electron chi connectivity index (χ3n) is 3.59. The molecule has 0 saturated heterocycles. The molecule has 0 amide bonds. The van der Waals surface area contributed by atoms with Crippen LogP contribution >= 0.6 is 11.9 Å². The van der Waals surface area contributed by atoms with Gasteiger partial charge in [0.25, 0.3) is 0 Å². The number of halogens is 1. The summed E-state index contributed by atoms with van der Waals surface area (Å²) in [6.45, 7) is 7.45. The van der Waals surface area contributed by atoms with Crippen molar-refractivity contribution in [2.75, 3.05) is 7.11 Å². The maximum absolute atomic E-state index is 14.5. The summed E-state index contributed by atoms with van der Waals surface area (Å²) >= 11 is 1.33. The monoisotopic (exact) mass is 372 g/mol. The highest BCUT2D eigenvalue weighted by molar-refractivity contribution is 7.97. The fourth-order valence-electron chi connectivity index (χ4n) is 2.15. The molecule has 0 atom stereocenters. The molecule has 1 N–H and O–H groups in total. The largest absolute Gasteiger partial charge is 0.499 e. The lowest BCUT2D eigenvalue weighted by Gasteiger charge is -2.25. The minimum Gasteiger partial charge on any atom is -0.499 e. The van der Waals surface area contributed by atoms with E-state index in [0.717, 1.165) is 10.5 Å². The molecular formula is C20H21FN2O2S. The van der Waals surface area contributed by atoms with Gasteiger partial charge in [-0.1, -0.05) is 24.8 Å². The van der Waals surface area contributed by atoms with Gasteiger partial charge in [-0.05, 0) is 49.6 Å². The molecule has 1 aromatic carbocycles. The fraction of sp³-hybridized carbons (Fsp3) is 0.150. The van der Waals surface area contributed by atoms with Crippen molar-refractivity contribution < 1.29 is 9.13 Å². The van der Waals surface area contributed by atoms with Crippen LogP contribution in [0.4, 0.5) is 4.39 Å².